The quantitative estimate of drug-likeness (QED) is 0.654. The summed E-state index contributed by atoms with van der Waals surface area (Å²) in [4.78, 5) is 5.82. The maximum absolute atomic E-state index is 4.82. The first-order valence-corrected chi connectivity index (χ1v) is 8.82. The van der Waals surface area contributed by atoms with E-state index in [0.29, 0.717) is 5.92 Å². The van der Waals surface area contributed by atoms with E-state index < -0.39 is 0 Å². The van der Waals surface area contributed by atoms with E-state index in [9.17, 15) is 0 Å². The number of benzene rings is 1. The smallest absolute Gasteiger partial charge is 0.212 e. The average Bonchev–Trinajstić information content (AvgIpc) is 2.95. The van der Waals surface area contributed by atoms with Crippen LogP contribution in [0.3, 0.4) is 0 Å². The Morgan fingerprint density at radius 1 is 1.24 bits per heavy atom. The van der Waals surface area contributed by atoms with Crippen molar-refractivity contribution in [2.24, 2.45) is 5.92 Å². The molecule has 0 aliphatic carbocycles. The number of nitrogens with zero attached hydrogens (tertiary/aromatic N) is 3. The summed E-state index contributed by atoms with van der Waals surface area (Å²) < 4.78 is 3.11. The molecule has 0 amide bonds. The summed E-state index contributed by atoms with van der Waals surface area (Å²) in [6, 6.07) is 8.31. The molecule has 0 radical (unpaired) electrons. The zero-order valence-corrected chi connectivity index (χ0v) is 14.8. The number of fused-ring (bicyclic) bond motifs is 1. The van der Waals surface area contributed by atoms with Crippen molar-refractivity contribution >= 4 is 32.2 Å². The summed E-state index contributed by atoms with van der Waals surface area (Å²) in [7, 11) is 0. The molecule has 21 heavy (non-hydrogen) atoms. The molecule has 3 rings (SSSR count). The normalized spacial score (nSPS) is 11.7. The Morgan fingerprint density at radius 2 is 1.95 bits per heavy atom. The van der Waals surface area contributed by atoms with E-state index in [1.54, 1.807) is 11.3 Å². The molecule has 0 fully saturated rings. The Kier molecular flexibility index (Phi) is 4.13. The van der Waals surface area contributed by atoms with Gasteiger partial charge in [-0.3, -0.25) is 0 Å². The topological polar surface area (TPSA) is 30.2 Å². The Morgan fingerprint density at radius 3 is 2.57 bits per heavy atom. The van der Waals surface area contributed by atoms with Crippen LogP contribution in [-0.4, -0.2) is 14.6 Å². The second kappa shape index (κ2) is 5.89. The summed E-state index contributed by atoms with van der Waals surface area (Å²) in [5.74, 6) is 0.622. The van der Waals surface area contributed by atoms with E-state index >= 15 is 0 Å². The molecule has 2 aromatic heterocycles. The lowest BCUT2D eigenvalue weighted by atomic mass is 10.1. The molecule has 0 N–H and O–H groups in total. The number of aromatic nitrogens is 3. The van der Waals surface area contributed by atoms with E-state index in [-0.39, 0.29) is 0 Å². The number of rotatable bonds is 4. The van der Waals surface area contributed by atoms with E-state index in [4.69, 9.17) is 10.1 Å². The van der Waals surface area contributed by atoms with Gasteiger partial charge in [0.2, 0.25) is 4.96 Å². The fourth-order valence-corrected chi connectivity index (χ4v) is 3.81. The molecule has 0 aliphatic heterocycles. The van der Waals surface area contributed by atoms with Crippen molar-refractivity contribution < 1.29 is 0 Å². The molecular weight excluding hydrogens is 346 g/mol. The Labute approximate surface area is 137 Å². The van der Waals surface area contributed by atoms with Gasteiger partial charge in [0, 0.05) is 16.5 Å². The monoisotopic (exact) mass is 363 g/mol. The van der Waals surface area contributed by atoms with Gasteiger partial charge in [-0.1, -0.05) is 60.2 Å². The minimum Gasteiger partial charge on any atom is -0.217 e. The van der Waals surface area contributed by atoms with Crippen LogP contribution < -0.4 is 0 Å². The number of aryl methyl sites for hydroxylation is 1. The number of imidazole rings is 1. The fourth-order valence-electron chi connectivity index (χ4n) is 2.42. The number of hydrogen-bond donors (Lipinski definition) is 0. The minimum atomic E-state index is 0.622. The predicted octanol–water partition coefficient (Wildman–Crippen LogP) is 4.98. The molecule has 2 heterocycles. The van der Waals surface area contributed by atoms with Gasteiger partial charge in [-0.15, -0.1) is 0 Å². The van der Waals surface area contributed by atoms with Gasteiger partial charge in [-0.2, -0.15) is 5.10 Å². The van der Waals surface area contributed by atoms with E-state index in [1.807, 2.05) is 4.52 Å². The first-order valence-electron chi connectivity index (χ1n) is 7.21. The highest BCUT2D eigenvalue weighted by Gasteiger charge is 2.16. The van der Waals surface area contributed by atoms with Gasteiger partial charge in [-0.25, -0.2) is 9.50 Å². The number of hydrogen-bond acceptors (Lipinski definition) is 3. The molecule has 0 bridgehead atoms. The second-order valence-corrected chi connectivity index (χ2v) is 7.51. The van der Waals surface area contributed by atoms with Gasteiger partial charge >= 0.3 is 0 Å². The Bertz CT molecular complexity index is 756. The largest absolute Gasteiger partial charge is 0.217 e. The van der Waals surface area contributed by atoms with Crippen LogP contribution in [0.4, 0.5) is 0 Å². The summed E-state index contributed by atoms with van der Waals surface area (Å²) in [5.41, 5.74) is 3.40. The van der Waals surface area contributed by atoms with Crippen molar-refractivity contribution in [3.05, 3.63) is 39.4 Å². The van der Waals surface area contributed by atoms with E-state index in [0.717, 1.165) is 33.5 Å². The van der Waals surface area contributed by atoms with Crippen molar-refractivity contribution in [3.8, 4) is 11.3 Å². The van der Waals surface area contributed by atoms with Crippen LogP contribution in [0.15, 0.2) is 28.7 Å². The summed E-state index contributed by atoms with van der Waals surface area (Å²) in [6.45, 7) is 6.60. The average molecular weight is 364 g/mol. The molecule has 0 unspecified atom stereocenters. The molecule has 0 saturated heterocycles. The molecule has 3 aromatic rings. The van der Waals surface area contributed by atoms with Gasteiger partial charge in [0.05, 0.1) is 11.4 Å². The predicted molar refractivity (Wildman–Crippen MR) is 91.9 cm³/mol. The second-order valence-electron chi connectivity index (χ2n) is 5.56. The maximum Gasteiger partial charge on any atom is 0.212 e. The number of halogens is 1. The van der Waals surface area contributed by atoms with Gasteiger partial charge in [0.1, 0.15) is 5.01 Å². The van der Waals surface area contributed by atoms with E-state index in [2.05, 4.69) is 61.0 Å². The highest BCUT2D eigenvalue weighted by molar-refractivity contribution is 9.10. The summed E-state index contributed by atoms with van der Waals surface area (Å²) in [5, 5.41) is 5.92. The molecule has 3 nitrogen and oxygen atoms in total. The molecule has 5 heteroatoms. The van der Waals surface area contributed by atoms with Crippen LogP contribution in [0.5, 0.6) is 0 Å². The maximum atomic E-state index is 4.82. The van der Waals surface area contributed by atoms with Crippen LogP contribution in [0.2, 0.25) is 0 Å². The van der Waals surface area contributed by atoms with Gasteiger partial charge < -0.3 is 0 Å². The molecule has 1 aromatic carbocycles. The molecule has 0 spiro atoms. The van der Waals surface area contributed by atoms with Crippen molar-refractivity contribution in [1.82, 2.24) is 14.6 Å². The third kappa shape index (κ3) is 2.90. The lowest BCUT2D eigenvalue weighted by molar-refractivity contribution is 0.635. The molecular formula is C16H18BrN3S. The standard InChI is InChI=1S/C16H18BrN3S/c1-4-13-15(11-5-7-12(17)8-6-11)18-16-20(13)19-14(21-16)9-10(2)3/h5-8,10H,4,9H2,1-3H3. The van der Waals surface area contributed by atoms with Crippen LogP contribution >= 0.6 is 27.3 Å². The molecule has 0 atom stereocenters. The lowest BCUT2D eigenvalue weighted by Gasteiger charge is -2.02. The van der Waals surface area contributed by atoms with Crippen molar-refractivity contribution in [2.75, 3.05) is 0 Å². The highest BCUT2D eigenvalue weighted by atomic mass is 79.9. The van der Waals surface area contributed by atoms with Crippen molar-refractivity contribution in [1.29, 1.82) is 0 Å². The first-order chi connectivity index (χ1) is 10.1. The summed E-state index contributed by atoms with van der Waals surface area (Å²) >= 11 is 5.18. The van der Waals surface area contributed by atoms with Gasteiger partial charge in [0.25, 0.3) is 0 Å². The lowest BCUT2D eigenvalue weighted by Crippen LogP contribution is -1.98. The zero-order chi connectivity index (χ0) is 15.0. The third-order valence-corrected chi connectivity index (χ3v) is 4.83. The van der Waals surface area contributed by atoms with Crippen LogP contribution in [0, 0.1) is 5.92 Å². The van der Waals surface area contributed by atoms with Gasteiger partial charge in [0.15, 0.2) is 0 Å². The molecule has 0 aliphatic rings. The third-order valence-electron chi connectivity index (χ3n) is 3.37. The van der Waals surface area contributed by atoms with Crippen LogP contribution in [0.1, 0.15) is 31.5 Å². The van der Waals surface area contributed by atoms with Gasteiger partial charge in [-0.05, 0) is 24.5 Å². The van der Waals surface area contributed by atoms with Crippen molar-refractivity contribution in [2.45, 2.75) is 33.6 Å². The Hall–Kier alpha value is -1.20. The van der Waals surface area contributed by atoms with Crippen LogP contribution in [0.25, 0.3) is 16.2 Å². The van der Waals surface area contributed by atoms with E-state index in [1.165, 1.54) is 10.7 Å². The van der Waals surface area contributed by atoms with Crippen molar-refractivity contribution in [3.63, 3.8) is 0 Å². The van der Waals surface area contributed by atoms with Crippen LogP contribution in [-0.2, 0) is 12.8 Å². The highest BCUT2D eigenvalue weighted by Crippen LogP contribution is 2.29. The summed E-state index contributed by atoms with van der Waals surface area (Å²) in [6.07, 6.45) is 1.95. The minimum absolute atomic E-state index is 0.622. The SMILES string of the molecule is CCc1c(-c2ccc(Br)cc2)nc2sc(CC(C)C)nn12. The molecule has 110 valence electrons. The Balaban J connectivity index is 2.07. The fraction of sp³-hybridized carbons (Fsp3) is 0.375. The molecule has 0 saturated carbocycles. The zero-order valence-electron chi connectivity index (χ0n) is 12.4. The first kappa shape index (κ1) is 14.7.